The van der Waals surface area contributed by atoms with E-state index in [1.165, 1.54) is 0 Å². The summed E-state index contributed by atoms with van der Waals surface area (Å²) in [5.74, 6) is 2.75. The first-order valence-electron chi connectivity index (χ1n) is 8.40. The van der Waals surface area contributed by atoms with E-state index in [-0.39, 0.29) is 6.10 Å². The normalized spacial score (nSPS) is 19.5. The summed E-state index contributed by atoms with van der Waals surface area (Å²) < 4.78 is 16.4. The van der Waals surface area contributed by atoms with Crippen LogP contribution in [0.5, 0.6) is 17.2 Å². The van der Waals surface area contributed by atoms with Gasteiger partial charge in [0.25, 0.3) is 0 Å². The molecule has 0 atom stereocenters. The molecule has 0 unspecified atom stereocenters. The first kappa shape index (κ1) is 17.4. The molecule has 2 aromatic carbocycles. The third kappa shape index (κ3) is 3.80. The van der Waals surface area contributed by atoms with E-state index in [2.05, 4.69) is 0 Å². The van der Waals surface area contributed by atoms with E-state index < -0.39 is 0 Å². The SMILES string of the molecule is COc1ccc(/C=C/c2cc(OC)c(C3CC(O)C3)c(OC)c2)cc1. The Kier molecular flexibility index (Phi) is 5.29. The van der Waals surface area contributed by atoms with Crippen molar-refractivity contribution in [1.82, 2.24) is 0 Å². The van der Waals surface area contributed by atoms with E-state index in [0.29, 0.717) is 5.92 Å². The van der Waals surface area contributed by atoms with Crippen molar-refractivity contribution in [2.45, 2.75) is 24.9 Å². The Morgan fingerprint density at radius 1 is 0.840 bits per heavy atom. The molecule has 0 spiro atoms. The quantitative estimate of drug-likeness (QED) is 0.804. The lowest BCUT2D eigenvalue weighted by Crippen LogP contribution is -2.27. The van der Waals surface area contributed by atoms with Crippen LogP contribution in [0.4, 0.5) is 0 Å². The number of aliphatic hydroxyl groups is 1. The lowest BCUT2D eigenvalue weighted by molar-refractivity contribution is 0.0729. The summed E-state index contributed by atoms with van der Waals surface area (Å²) in [5, 5.41) is 9.61. The molecule has 4 nitrogen and oxygen atoms in total. The summed E-state index contributed by atoms with van der Waals surface area (Å²) in [7, 11) is 5.00. The van der Waals surface area contributed by atoms with E-state index in [1.54, 1.807) is 21.3 Å². The average Bonchev–Trinajstić information content (AvgIpc) is 2.63. The zero-order valence-corrected chi connectivity index (χ0v) is 14.9. The van der Waals surface area contributed by atoms with E-state index >= 15 is 0 Å². The number of methoxy groups -OCH3 is 3. The summed E-state index contributed by atoms with van der Waals surface area (Å²) in [5.41, 5.74) is 3.15. The molecule has 25 heavy (non-hydrogen) atoms. The molecule has 0 saturated heterocycles. The van der Waals surface area contributed by atoms with Gasteiger partial charge in [0.05, 0.1) is 27.4 Å². The smallest absolute Gasteiger partial charge is 0.126 e. The van der Waals surface area contributed by atoms with Crippen molar-refractivity contribution < 1.29 is 19.3 Å². The molecule has 1 aliphatic rings. The Balaban J connectivity index is 1.87. The monoisotopic (exact) mass is 340 g/mol. The van der Waals surface area contributed by atoms with Gasteiger partial charge in [-0.25, -0.2) is 0 Å². The topological polar surface area (TPSA) is 47.9 Å². The van der Waals surface area contributed by atoms with Gasteiger partial charge in [0.2, 0.25) is 0 Å². The minimum absolute atomic E-state index is 0.214. The molecule has 4 heteroatoms. The second kappa shape index (κ2) is 7.62. The van der Waals surface area contributed by atoms with Crippen molar-refractivity contribution in [2.75, 3.05) is 21.3 Å². The van der Waals surface area contributed by atoms with Crippen molar-refractivity contribution in [3.8, 4) is 17.2 Å². The molecule has 0 amide bonds. The summed E-state index contributed by atoms with van der Waals surface area (Å²) in [4.78, 5) is 0. The molecule has 1 saturated carbocycles. The molecule has 3 rings (SSSR count). The number of hydrogen-bond donors (Lipinski definition) is 1. The number of rotatable bonds is 6. The first-order chi connectivity index (χ1) is 12.1. The molecule has 0 radical (unpaired) electrons. The van der Waals surface area contributed by atoms with Gasteiger partial charge in [-0.2, -0.15) is 0 Å². The van der Waals surface area contributed by atoms with Crippen molar-refractivity contribution in [2.24, 2.45) is 0 Å². The molecule has 0 heterocycles. The fraction of sp³-hybridized carbons (Fsp3) is 0.333. The van der Waals surface area contributed by atoms with Crippen molar-refractivity contribution in [1.29, 1.82) is 0 Å². The molecular weight excluding hydrogens is 316 g/mol. The van der Waals surface area contributed by atoms with E-state index in [0.717, 1.165) is 46.8 Å². The Morgan fingerprint density at radius 2 is 1.40 bits per heavy atom. The number of benzene rings is 2. The Bertz CT molecular complexity index is 718. The second-order valence-corrected chi connectivity index (χ2v) is 6.27. The van der Waals surface area contributed by atoms with Gasteiger partial charge in [-0.3, -0.25) is 0 Å². The maximum Gasteiger partial charge on any atom is 0.126 e. The van der Waals surface area contributed by atoms with Gasteiger partial charge < -0.3 is 19.3 Å². The summed E-state index contributed by atoms with van der Waals surface area (Å²) in [6.07, 6.45) is 5.38. The average molecular weight is 340 g/mol. The van der Waals surface area contributed by atoms with Crippen LogP contribution >= 0.6 is 0 Å². The lowest BCUT2D eigenvalue weighted by Gasteiger charge is -2.33. The van der Waals surface area contributed by atoms with E-state index in [4.69, 9.17) is 14.2 Å². The van der Waals surface area contributed by atoms with E-state index in [9.17, 15) is 5.11 Å². The van der Waals surface area contributed by atoms with Gasteiger partial charge >= 0.3 is 0 Å². The molecular formula is C21H24O4. The highest BCUT2D eigenvalue weighted by atomic mass is 16.5. The van der Waals surface area contributed by atoms with Crippen LogP contribution in [0.2, 0.25) is 0 Å². The number of hydrogen-bond acceptors (Lipinski definition) is 4. The molecule has 2 aromatic rings. The number of aliphatic hydroxyl groups excluding tert-OH is 1. The third-order valence-electron chi connectivity index (χ3n) is 4.67. The highest BCUT2D eigenvalue weighted by Crippen LogP contribution is 2.46. The van der Waals surface area contributed by atoms with Crippen LogP contribution in [0.15, 0.2) is 36.4 Å². The van der Waals surface area contributed by atoms with Crippen LogP contribution in [0.25, 0.3) is 12.2 Å². The van der Waals surface area contributed by atoms with Crippen LogP contribution in [0, 0.1) is 0 Å². The highest BCUT2D eigenvalue weighted by Gasteiger charge is 2.33. The van der Waals surface area contributed by atoms with Crippen LogP contribution in [0.3, 0.4) is 0 Å². The Hall–Kier alpha value is -2.46. The molecule has 0 bridgehead atoms. The second-order valence-electron chi connectivity index (χ2n) is 6.27. The minimum Gasteiger partial charge on any atom is -0.497 e. The highest BCUT2D eigenvalue weighted by molar-refractivity contribution is 5.72. The standard InChI is InChI=1S/C21H24O4/c1-23-18-8-6-14(7-9-18)4-5-15-10-19(24-2)21(20(11-15)25-3)16-12-17(22)13-16/h4-11,16-17,22H,12-13H2,1-3H3/b5-4+. The van der Waals surface area contributed by atoms with E-state index in [1.807, 2.05) is 48.6 Å². The van der Waals surface area contributed by atoms with Gasteiger partial charge in [0.15, 0.2) is 0 Å². The Labute approximate surface area is 148 Å². The molecule has 0 aromatic heterocycles. The van der Waals surface area contributed by atoms with Crippen molar-refractivity contribution in [3.05, 3.63) is 53.1 Å². The van der Waals surface area contributed by atoms with Crippen LogP contribution in [0.1, 0.15) is 35.4 Å². The first-order valence-corrected chi connectivity index (χ1v) is 8.40. The largest absolute Gasteiger partial charge is 0.497 e. The lowest BCUT2D eigenvalue weighted by atomic mass is 9.76. The molecule has 1 aliphatic carbocycles. The van der Waals surface area contributed by atoms with Crippen molar-refractivity contribution in [3.63, 3.8) is 0 Å². The molecule has 1 N–H and O–H groups in total. The number of ether oxygens (including phenoxy) is 3. The van der Waals surface area contributed by atoms with Crippen LogP contribution in [-0.4, -0.2) is 32.5 Å². The van der Waals surface area contributed by atoms with Gasteiger partial charge in [-0.05, 0) is 54.2 Å². The van der Waals surface area contributed by atoms with Gasteiger partial charge in [-0.15, -0.1) is 0 Å². The summed E-state index contributed by atoms with van der Waals surface area (Å²) in [6, 6.07) is 11.9. The zero-order valence-electron chi connectivity index (χ0n) is 14.9. The minimum atomic E-state index is -0.214. The molecule has 0 aliphatic heterocycles. The van der Waals surface area contributed by atoms with Crippen LogP contribution in [-0.2, 0) is 0 Å². The Morgan fingerprint density at radius 3 is 1.88 bits per heavy atom. The zero-order chi connectivity index (χ0) is 17.8. The predicted molar refractivity (Wildman–Crippen MR) is 99.4 cm³/mol. The maximum atomic E-state index is 9.61. The van der Waals surface area contributed by atoms with Crippen molar-refractivity contribution >= 4 is 12.2 Å². The van der Waals surface area contributed by atoms with Gasteiger partial charge in [0, 0.05) is 5.56 Å². The summed E-state index contributed by atoms with van der Waals surface area (Å²) >= 11 is 0. The molecule has 132 valence electrons. The third-order valence-corrected chi connectivity index (χ3v) is 4.67. The fourth-order valence-corrected chi connectivity index (χ4v) is 3.19. The van der Waals surface area contributed by atoms with Crippen LogP contribution < -0.4 is 14.2 Å². The molecule has 1 fully saturated rings. The predicted octanol–water partition coefficient (Wildman–Crippen LogP) is 4.12. The fourth-order valence-electron chi connectivity index (χ4n) is 3.19. The van der Waals surface area contributed by atoms with Gasteiger partial charge in [0.1, 0.15) is 17.2 Å². The van der Waals surface area contributed by atoms with Gasteiger partial charge in [-0.1, -0.05) is 24.3 Å². The maximum absolute atomic E-state index is 9.61. The summed E-state index contributed by atoms with van der Waals surface area (Å²) in [6.45, 7) is 0.